The van der Waals surface area contributed by atoms with Gasteiger partial charge in [-0.25, -0.2) is 4.68 Å². The average Bonchev–Trinajstić information content (AvgIpc) is 2.87. The van der Waals surface area contributed by atoms with Gasteiger partial charge in [0, 0.05) is 6.07 Å². The van der Waals surface area contributed by atoms with Crippen molar-refractivity contribution in [1.82, 2.24) is 15.1 Å². The van der Waals surface area contributed by atoms with Crippen molar-refractivity contribution in [3.8, 4) is 29.1 Å². The highest BCUT2D eigenvalue weighted by Gasteiger charge is 2.21. The predicted octanol–water partition coefficient (Wildman–Crippen LogP) is 2.34. The Morgan fingerprint density at radius 1 is 1.06 bits per heavy atom. The van der Waals surface area contributed by atoms with E-state index in [9.17, 15) is 14.9 Å². The summed E-state index contributed by atoms with van der Waals surface area (Å²) in [6, 6.07) is 15.8. The van der Waals surface area contributed by atoms with Crippen molar-refractivity contribution in [2.75, 3.05) is 27.9 Å². The van der Waals surface area contributed by atoms with Crippen LogP contribution in [-0.2, 0) is 6.54 Å². The lowest BCUT2D eigenvalue weighted by Crippen LogP contribution is -2.32. The number of benzene rings is 2. The molecule has 0 bridgehead atoms. The molecule has 3 rings (SSSR count). The molecule has 1 N–H and O–H groups in total. The van der Waals surface area contributed by atoms with E-state index in [4.69, 9.17) is 18.9 Å². The Labute approximate surface area is 196 Å². The number of nitriles is 1. The van der Waals surface area contributed by atoms with Crippen LogP contribution in [0.2, 0.25) is 0 Å². The molecule has 0 aliphatic heterocycles. The lowest BCUT2D eigenvalue weighted by atomic mass is 10.1. The van der Waals surface area contributed by atoms with E-state index >= 15 is 0 Å². The van der Waals surface area contributed by atoms with Crippen molar-refractivity contribution in [1.29, 1.82) is 5.26 Å². The van der Waals surface area contributed by atoms with E-state index in [-0.39, 0.29) is 24.4 Å². The van der Waals surface area contributed by atoms with Gasteiger partial charge in [-0.3, -0.25) is 9.59 Å². The molecule has 0 aliphatic rings. The van der Waals surface area contributed by atoms with Crippen LogP contribution in [0.25, 0.3) is 0 Å². The summed E-state index contributed by atoms with van der Waals surface area (Å²) in [6.07, 6.45) is 0. The molecule has 10 heteroatoms. The fraction of sp³-hybridized carbons (Fsp3) is 0.250. The highest BCUT2D eigenvalue weighted by molar-refractivity contribution is 5.92. The third kappa shape index (κ3) is 5.63. The van der Waals surface area contributed by atoms with Gasteiger partial charge in [0.1, 0.15) is 24.1 Å². The number of hydrogen-bond acceptors (Lipinski definition) is 8. The minimum absolute atomic E-state index is 0.0213. The standard InChI is InChI=1S/C24H24N4O6/c1-31-20-13-16(14-21(32-2)23(20)33-3)19(15-25)26-24(30)18-9-10-22(29)28(27-18)11-12-34-17-7-5-4-6-8-17/h4-10,13-14,19H,11-12H2,1-3H3,(H,26,30). The molecular formula is C24H24N4O6. The van der Waals surface area contributed by atoms with Crippen LogP contribution < -0.4 is 29.8 Å². The maximum Gasteiger partial charge on any atom is 0.273 e. The molecule has 0 radical (unpaired) electrons. The molecule has 1 aromatic heterocycles. The van der Waals surface area contributed by atoms with Crippen LogP contribution in [0.3, 0.4) is 0 Å². The Bertz CT molecular complexity index is 1210. The molecule has 1 atom stereocenters. The summed E-state index contributed by atoms with van der Waals surface area (Å²) in [5, 5.41) is 16.4. The highest BCUT2D eigenvalue weighted by atomic mass is 16.5. The summed E-state index contributed by atoms with van der Waals surface area (Å²) in [7, 11) is 4.38. The van der Waals surface area contributed by atoms with Gasteiger partial charge in [0.25, 0.3) is 11.5 Å². The van der Waals surface area contributed by atoms with E-state index in [0.29, 0.717) is 28.6 Å². The molecule has 176 valence electrons. The zero-order chi connectivity index (χ0) is 24.5. The zero-order valence-electron chi connectivity index (χ0n) is 19.0. The molecule has 0 saturated carbocycles. The van der Waals surface area contributed by atoms with E-state index < -0.39 is 11.9 Å². The lowest BCUT2D eigenvalue weighted by Gasteiger charge is -2.17. The van der Waals surface area contributed by atoms with Crippen LogP contribution in [0.1, 0.15) is 22.1 Å². The number of para-hydroxylation sites is 1. The monoisotopic (exact) mass is 464 g/mol. The molecule has 10 nitrogen and oxygen atoms in total. The number of aromatic nitrogens is 2. The molecule has 1 heterocycles. The normalized spacial score (nSPS) is 11.1. The Balaban J connectivity index is 1.76. The van der Waals surface area contributed by atoms with E-state index in [0.717, 1.165) is 4.68 Å². The quantitative estimate of drug-likeness (QED) is 0.485. The first-order valence-electron chi connectivity index (χ1n) is 10.3. The number of carbonyl (C=O) groups excluding carboxylic acids is 1. The molecule has 3 aromatic rings. The van der Waals surface area contributed by atoms with Crippen LogP contribution in [0.5, 0.6) is 23.0 Å². The molecule has 2 aromatic carbocycles. The maximum atomic E-state index is 12.8. The lowest BCUT2D eigenvalue weighted by molar-refractivity contribution is 0.0937. The summed E-state index contributed by atoms with van der Waals surface area (Å²) < 4.78 is 22.6. The first kappa shape index (κ1) is 24.1. The summed E-state index contributed by atoms with van der Waals surface area (Å²) in [6.45, 7) is 0.331. The molecule has 34 heavy (non-hydrogen) atoms. The summed E-state index contributed by atoms with van der Waals surface area (Å²) in [5.41, 5.74) is 0.0246. The summed E-state index contributed by atoms with van der Waals surface area (Å²) >= 11 is 0. The number of nitrogens with one attached hydrogen (secondary N) is 1. The Morgan fingerprint density at radius 2 is 1.74 bits per heavy atom. The number of amides is 1. The molecular weight excluding hydrogens is 440 g/mol. The molecule has 1 unspecified atom stereocenters. The largest absolute Gasteiger partial charge is 0.493 e. The second-order valence-corrected chi connectivity index (χ2v) is 6.94. The molecule has 0 spiro atoms. The number of carbonyl (C=O) groups is 1. The smallest absolute Gasteiger partial charge is 0.273 e. The van der Waals surface area contributed by atoms with Crippen LogP contribution in [-0.4, -0.2) is 43.6 Å². The number of methoxy groups -OCH3 is 3. The fourth-order valence-electron chi connectivity index (χ4n) is 3.16. The first-order valence-corrected chi connectivity index (χ1v) is 10.3. The van der Waals surface area contributed by atoms with Crippen molar-refractivity contribution >= 4 is 5.91 Å². The highest BCUT2D eigenvalue weighted by Crippen LogP contribution is 2.39. The molecule has 0 fully saturated rings. The molecule has 0 saturated heterocycles. The van der Waals surface area contributed by atoms with Gasteiger partial charge in [0.05, 0.1) is 33.9 Å². The number of nitrogens with zero attached hydrogens (tertiary/aromatic N) is 3. The molecule has 1 amide bonds. The third-order valence-electron chi connectivity index (χ3n) is 4.84. The van der Waals surface area contributed by atoms with Gasteiger partial charge in [0.15, 0.2) is 11.5 Å². The van der Waals surface area contributed by atoms with Crippen molar-refractivity contribution in [2.24, 2.45) is 0 Å². The van der Waals surface area contributed by atoms with Crippen molar-refractivity contribution in [3.63, 3.8) is 0 Å². The van der Waals surface area contributed by atoms with Crippen LogP contribution >= 0.6 is 0 Å². The second kappa shape index (κ2) is 11.4. The first-order chi connectivity index (χ1) is 16.5. The minimum atomic E-state index is -1.04. The van der Waals surface area contributed by atoms with E-state index in [1.165, 1.54) is 33.5 Å². The van der Waals surface area contributed by atoms with Gasteiger partial charge in [-0.05, 0) is 35.9 Å². The van der Waals surface area contributed by atoms with Crippen LogP contribution in [0.4, 0.5) is 0 Å². The average molecular weight is 464 g/mol. The number of rotatable bonds is 10. The topological polar surface area (TPSA) is 125 Å². The van der Waals surface area contributed by atoms with Gasteiger partial charge >= 0.3 is 0 Å². The van der Waals surface area contributed by atoms with E-state index in [1.807, 2.05) is 24.3 Å². The van der Waals surface area contributed by atoms with Crippen molar-refractivity contribution in [3.05, 3.63) is 76.2 Å². The zero-order valence-corrected chi connectivity index (χ0v) is 19.0. The Morgan fingerprint density at radius 3 is 2.32 bits per heavy atom. The van der Waals surface area contributed by atoms with E-state index in [2.05, 4.69) is 10.4 Å². The van der Waals surface area contributed by atoms with Gasteiger partial charge in [-0.1, -0.05) is 18.2 Å². The number of ether oxygens (including phenoxy) is 4. The van der Waals surface area contributed by atoms with Crippen LogP contribution in [0.15, 0.2) is 59.4 Å². The fourth-order valence-corrected chi connectivity index (χ4v) is 3.16. The number of hydrogen-bond donors (Lipinski definition) is 1. The SMILES string of the molecule is COc1cc(C(C#N)NC(=O)c2ccc(=O)n(CCOc3ccccc3)n2)cc(OC)c1OC. The second-order valence-electron chi connectivity index (χ2n) is 6.94. The summed E-state index contributed by atoms with van der Waals surface area (Å²) in [4.78, 5) is 25.0. The molecule has 0 aliphatic carbocycles. The minimum Gasteiger partial charge on any atom is -0.493 e. The van der Waals surface area contributed by atoms with Gasteiger partial charge in [-0.15, -0.1) is 0 Å². The predicted molar refractivity (Wildman–Crippen MR) is 122 cm³/mol. The van der Waals surface area contributed by atoms with Crippen molar-refractivity contribution < 1.29 is 23.7 Å². The van der Waals surface area contributed by atoms with E-state index in [1.54, 1.807) is 24.3 Å². The maximum absolute atomic E-state index is 12.8. The van der Waals surface area contributed by atoms with Gasteiger partial charge < -0.3 is 24.3 Å². The van der Waals surface area contributed by atoms with Crippen molar-refractivity contribution in [2.45, 2.75) is 12.6 Å². The Kier molecular flexibility index (Phi) is 8.07. The van der Waals surface area contributed by atoms with Crippen LogP contribution in [0, 0.1) is 11.3 Å². The third-order valence-corrected chi connectivity index (χ3v) is 4.84. The summed E-state index contributed by atoms with van der Waals surface area (Å²) in [5.74, 6) is 1.08. The Hall–Kier alpha value is -4.52. The van der Waals surface area contributed by atoms with Gasteiger partial charge in [0.2, 0.25) is 5.75 Å². The van der Waals surface area contributed by atoms with Gasteiger partial charge in [-0.2, -0.15) is 10.4 Å².